The van der Waals surface area contributed by atoms with E-state index < -0.39 is 0 Å². The van der Waals surface area contributed by atoms with Crippen LogP contribution in [0.25, 0.3) is 0 Å². The molecule has 1 aromatic carbocycles. The van der Waals surface area contributed by atoms with Gasteiger partial charge in [-0.1, -0.05) is 17.7 Å². The second-order valence-corrected chi connectivity index (χ2v) is 6.38. The Labute approximate surface area is 154 Å². The molecule has 0 aliphatic carbocycles. The largest absolute Gasteiger partial charge is 0.485 e. The standard InChI is InChI=1S/C19H24N2O3.ClH/c1-13-4-6-17(14(2)10-13)23-12-16-5-7-18(24-16)19(22)21-9-8-20-11-15(21)3;/h4-7,10,15,20H,8-9,11-12H2,1-3H3;1H/t15-;/m0./s1. The fourth-order valence-electron chi connectivity index (χ4n) is 2.96. The first-order chi connectivity index (χ1) is 11.5. The van der Waals surface area contributed by atoms with Crippen molar-refractivity contribution in [2.45, 2.75) is 33.4 Å². The summed E-state index contributed by atoms with van der Waals surface area (Å²) in [5, 5.41) is 3.28. The van der Waals surface area contributed by atoms with Gasteiger partial charge in [0.1, 0.15) is 18.1 Å². The number of aryl methyl sites for hydroxylation is 2. The van der Waals surface area contributed by atoms with Crippen LogP contribution in [0.5, 0.6) is 5.75 Å². The zero-order chi connectivity index (χ0) is 17.1. The number of ether oxygens (including phenoxy) is 1. The highest BCUT2D eigenvalue weighted by molar-refractivity contribution is 5.91. The molecule has 1 fully saturated rings. The minimum Gasteiger partial charge on any atom is -0.485 e. The molecule has 1 N–H and O–H groups in total. The summed E-state index contributed by atoms with van der Waals surface area (Å²) in [6.45, 7) is 8.76. The Balaban J connectivity index is 0.00000225. The van der Waals surface area contributed by atoms with Gasteiger partial charge in [0.05, 0.1) is 0 Å². The van der Waals surface area contributed by atoms with E-state index >= 15 is 0 Å². The van der Waals surface area contributed by atoms with Crippen LogP contribution in [0.3, 0.4) is 0 Å². The van der Waals surface area contributed by atoms with Crippen LogP contribution in [-0.2, 0) is 6.61 Å². The maximum absolute atomic E-state index is 12.6. The molecule has 25 heavy (non-hydrogen) atoms. The molecule has 1 aromatic heterocycles. The molecule has 0 bridgehead atoms. The fourth-order valence-corrected chi connectivity index (χ4v) is 2.96. The van der Waals surface area contributed by atoms with Gasteiger partial charge in [-0.25, -0.2) is 0 Å². The van der Waals surface area contributed by atoms with E-state index in [9.17, 15) is 4.79 Å². The second kappa shape index (κ2) is 8.41. The molecule has 3 rings (SSSR count). The van der Waals surface area contributed by atoms with Crippen molar-refractivity contribution in [3.05, 3.63) is 53.0 Å². The Morgan fingerprint density at radius 2 is 2.12 bits per heavy atom. The van der Waals surface area contributed by atoms with Crippen molar-refractivity contribution in [1.29, 1.82) is 0 Å². The lowest BCUT2D eigenvalue weighted by Gasteiger charge is -2.33. The van der Waals surface area contributed by atoms with Gasteiger partial charge in [0, 0.05) is 25.7 Å². The molecule has 0 spiro atoms. The van der Waals surface area contributed by atoms with E-state index in [4.69, 9.17) is 9.15 Å². The van der Waals surface area contributed by atoms with Gasteiger partial charge in [-0.15, -0.1) is 12.4 Å². The molecule has 1 aliphatic rings. The van der Waals surface area contributed by atoms with Gasteiger partial charge >= 0.3 is 0 Å². The van der Waals surface area contributed by atoms with Gasteiger partial charge in [-0.3, -0.25) is 4.79 Å². The fraction of sp³-hybridized carbons (Fsp3) is 0.421. The monoisotopic (exact) mass is 364 g/mol. The molecule has 0 radical (unpaired) electrons. The van der Waals surface area contributed by atoms with Gasteiger partial charge in [0.25, 0.3) is 5.91 Å². The topological polar surface area (TPSA) is 54.7 Å². The van der Waals surface area contributed by atoms with Crippen molar-refractivity contribution in [1.82, 2.24) is 10.2 Å². The SMILES string of the molecule is Cc1ccc(OCc2ccc(C(=O)N3CCNC[C@@H]3C)o2)c(C)c1.Cl. The van der Waals surface area contributed by atoms with Crippen molar-refractivity contribution in [2.24, 2.45) is 0 Å². The van der Waals surface area contributed by atoms with E-state index in [0.717, 1.165) is 24.4 Å². The minimum atomic E-state index is -0.0539. The van der Waals surface area contributed by atoms with Gasteiger partial charge < -0.3 is 19.4 Å². The predicted octanol–water partition coefficient (Wildman–Crippen LogP) is 3.33. The number of piperazine rings is 1. The van der Waals surface area contributed by atoms with Crippen LogP contribution >= 0.6 is 12.4 Å². The number of amides is 1. The lowest BCUT2D eigenvalue weighted by molar-refractivity contribution is 0.0619. The van der Waals surface area contributed by atoms with E-state index in [1.165, 1.54) is 5.56 Å². The number of benzene rings is 1. The van der Waals surface area contributed by atoms with Crippen LogP contribution in [0.1, 0.15) is 34.4 Å². The number of nitrogens with one attached hydrogen (secondary N) is 1. The first-order valence-corrected chi connectivity index (χ1v) is 8.35. The second-order valence-electron chi connectivity index (χ2n) is 6.38. The summed E-state index contributed by atoms with van der Waals surface area (Å²) in [6.07, 6.45) is 0. The number of nitrogens with zero attached hydrogens (tertiary/aromatic N) is 1. The molecular weight excluding hydrogens is 340 g/mol. The minimum absolute atomic E-state index is 0. The Hall–Kier alpha value is -1.98. The number of furan rings is 1. The van der Waals surface area contributed by atoms with Crippen molar-refractivity contribution in [3.8, 4) is 5.75 Å². The summed E-state index contributed by atoms with van der Waals surface area (Å²) >= 11 is 0. The van der Waals surface area contributed by atoms with Gasteiger partial charge in [0.2, 0.25) is 0 Å². The third-order valence-corrected chi connectivity index (χ3v) is 4.33. The molecule has 5 nitrogen and oxygen atoms in total. The molecule has 6 heteroatoms. The number of carbonyl (C=O) groups is 1. The van der Waals surface area contributed by atoms with E-state index in [2.05, 4.69) is 18.3 Å². The molecule has 0 saturated carbocycles. The first-order valence-electron chi connectivity index (χ1n) is 8.35. The molecule has 1 atom stereocenters. The summed E-state index contributed by atoms with van der Waals surface area (Å²) in [7, 11) is 0. The number of hydrogen-bond acceptors (Lipinski definition) is 4. The number of halogens is 1. The van der Waals surface area contributed by atoms with E-state index in [1.807, 2.05) is 36.9 Å². The number of carbonyl (C=O) groups excluding carboxylic acids is 1. The van der Waals surface area contributed by atoms with Crippen LogP contribution in [0.4, 0.5) is 0 Å². The van der Waals surface area contributed by atoms with Crippen molar-refractivity contribution < 1.29 is 13.9 Å². The van der Waals surface area contributed by atoms with E-state index in [1.54, 1.807) is 6.07 Å². The first kappa shape index (κ1) is 19.3. The van der Waals surface area contributed by atoms with Crippen LogP contribution < -0.4 is 10.1 Å². The average Bonchev–Trinajstić information content (AvgIpc) is 3.03. The summed E-state index contributed by atoms with van der Waals surface area (Å²) in [5.41, 5.74) is 2.29. The average molecular weight is 365 g/mol. The summed E-state index contributed by atoms with van der Waals surface area (Å²) in [4.78, 5) is 14.4. The Bertz CT molecular complexity index is 729. The number of hydrogen-bond donors (Lipinski definition) is 1. The third kappa shape index (κ3) is 4.55. The van der Waals surface area contributed by atoms with Crippen molar-refractivity contribution >= 4 is 18.3 Å². The Morgan fingerprint density at radius 3 is 2.84 bits per heavy atom. The van der Waals surface area contributed by atoms with Crippen molar-refractivity contribution in [2.75, 3.05) is 19.6 Å². The highest BCUT2D eigenvalue weighted by Gasteiger charge is 2.26. The summed E-state index contributed by atoms with van der Waals surface area (Å²) in [6, 6.07) is 9.78. The summed E-state index contributed by atoms with van der Waals surface area (Å²) < 4.78 is 11.5. The molecular formula is C19H25ClN2O3. The smallest absolute Gasteiger partial charge is 0.289 e. The Morgan fingerprint density at radius 1 is 1.32 bits per heavy atom. The quantitative estimate of drug-likeness (QED) is 0.904. The van der Waals surface area contributed by atoms with Gasteiger partial charge in [0.15, 0.2) is 5.76 Å². The molecule has 2 heterocycles. The maximum atomic E-state index is 12.6. The van der Waals surface area contributed by atoms with E-state index in [-0.39, 0.29) is 24.4 Å². The molecule has 2 aromatic rings. The van der Waals surface area contributed by atoms with Crippen LogP contribution in [0.15, 0.2) is 34.7 Å². The molecule has 1 amide bonds. The lowest BCUT2D eigenvalue weighted by atomic mass is 10.1. The zero-order valence-corrected chi connectivity index (χ0v) is 15.7. The van der Waals surface area contributed by atoms with Crippen LogP contribution in [0.2, 0.25) is 0 Å². The summed E-state index contributed by atoms with van der Waals surface area (Å²) in [5.74, 6) is 1.81. The number of rotatable bonds is 4. The maximum Gasteiger partial charge on any atom is 0.289 e. The van der Waals surface area contributed by atoms with E-state index in [0.29, 0.717) is 24.7 Å². The Kier molecular flexibility index (Phi) is 6.51. The molecule has 1 aliphatic heterocycles. The molecule has 1 saturated heterocycles. The highest BCUT2D eigenvalue weighted by Crippen LogP contribution is 2.21. The van der Waals surface area contributed by atoms with Crippen LogP contribution in [0, 0.1) is 13.8 Å². The predicted molar refractivity (Wildman–Crippen MR) is 99.6 cm³/mol. The highest BCUT2D eigenvalue weighted by atomic mass is 35.5. The van der Waals surface area contributed by atoms with Gasteiger partial charge in [-0.2, -0.15) is 0 Å². The lowest BCUT2D eigenvalue weighted by Crippen LogP contribution is -2.52. The van der Waals surface area contributed by atoms with Crippen molar-refractivity contribution in [3.63, 3.8) is 0 Å². The van der Waals surface area contributed by atoms with Crippen LogP contribution in [-0.4, -0.2) is 36.5 Å². The normalized spacial score (nSPS) is 17.1. The molecule has 0 unspecified atom stereocenters. The third-order valence-electron chi connectivity index (χ3n) is 4.33. The zero-order valence-electron chi connectivity index (χ0n) is 14.9. The molecule has 136 valence electrons. The van der Waals surface area contributed by atoms with Gasteiger partial charge in [-0.05, 0) is 44.5 Å².